The number of rotatable bonds is 6. The highest BCUT2D eigenvalue weighted by atomic mass is 32.2. The second-order valence-electron chi connectivity index (χ2n) is 6.52. The second-order valence-corrected chi connectivity index (χ2v) is 8.46. The van der Waals surface area contributed by atoms with E-state index in [9.17, 15) is 13.2 Å². The van der Waals surface area contributed by atoms with Crippen molar-refractivity contribution in [3.8, 4) is 11.5 Å². The molecule has 3 rings (SSSR count). The van der Waals surface area contributed by atoms with Gasteiger partial charge in [0, 0.05) is 38.3 Å². The number of amides is 1. The van der Waals surface area contributed by atoms with Gasteiger partial charge in [-0.1, -0.05) is 18.2 Å². The average molecular weight is 416 g/mol. The minimum atomic E-state index is -3.53. The smallest absolute Gasteiger partial charge is 0.246 e. The molecule has 0 N–H and O–H groups in total. The van der Waals surface area contributed by atoms with Crippen molar-refractivity contribution >= 4 is 22.0 Å². The molecule has 1 amide bonds. The fourth-order valence-electron chi connectivity index (χ4n) is 3.09. The van der Waals surface area contributed by atoms with Crippen LogP contribution in [0.4, 0.5) is 0 Å². The molecule has 0 aromatic heterocycles. The predicted octanol–water partition coefficient (Wildman–Crippen LogP) is 2.25. The molecule has 1 aliphatic heterocycles. The Morgan fingerprint density at radius 3 is 2.07 bits per heavy atom. The third-order valence-corrected chi connectivity index (χ3v) is 6.64. The first-order valence-electron chi connectivity index (χ1n) is 9.19. The number of sulfonamides is 1. The lowest BCUT2D eigenvalue weighted by molar-refractivity contribution is -0.127. The SMILES string of the molecule is COc1cc(/C=C/C(=O)N2CCN(S(=O)(=O)c3ccccc3)CC2)cc(OC)c1. The second kappa shape index (κ2) is 9.11. The summed E-state index contributed by atoms with van der Waals surface area (Å²) in [5, 5.41) is 0. The Kier molecular flexibility index (Phi) is 6.56. The van der Waals surface area contributed by atoms with Crippen LogP contribution in [0.3, 0.4) is 0 Å². The fraction of sp³-hybridized carbons (Fsp3) is 0.286. The number of methoxy groups -OCH3 is 2. The molecule has 1 heterocycles. The van der Waals surface area contributed by atoms with Crippen molar-refractivity contribution < 1.29 is 22.7 Å². The van der Waals surface area contributed by atoms with Crippen molar-refractivity contribution in [1.82, 2.24) is 9.21 Å². The first-order valence-corrected chi connectivity index (χ1v) is 10.6. The largest absolute Gasteiger partial charge is 0.497 e. The number of carbonyl (C=O) groups excluding carboxylic acids is 1. The van der Waals surface area contributed by atoms with E-state index < -0.39 is 10.0 Å². The van der Waals surface area contributed by atoms with Crippen LogP contribution < -0.4 is 9.47 Å². The predicted molar refractivity (Wildman–Crippen MR) is 110 cm³/mol. The maximum atomic E-state index is 12.7. The summed E-state index contributed by atoms with van der Waals surface area (Å²) in [6, 6.07) is 13.7. The topological polar surface area (TPSA) is 76.2 Å². The fourth-order valence-corrected chi connectivity index (χ4v) is 4.53. The summed E-state index contributed by atoms with van der Waals surface area (Å²) in [6.45, 7) is 1.22. The van der Waals surface area contributed by atoms with Gasteiger partial charge in [-0.15, -0.1) is 0 Å². The van der Waals surface area contributed by atoms with Crippen molar-refractivity contribution in [2.45, 2.75) is 4.90 Å². The van der Waals surface area contributed by atoms with Crippen molar-refractivity contribution in [3.05, 3.63) is 60.2 Å². The summed E-state index contributed by atoms with van der Waals surface area (Å²) in [6.07, 6.45) is 3.18. The van der Waals surface area contributed by atoms with Gasteiger partial charge in [0.25, 0.3) is 0 Å². The maximum Gasteiger partial charge on any atom is 0.246 e. The van der Waals surface area contributed by atoms with Gasteiger partial charge in [-0.25, -0.2) is 8.42 Å². The van der Waals surface area contributed by atoms with Crippen molar-refractivity contribution in [2.75, 3.05) is 40.4 Å². The Morgan fingerprint density at radius 1 is 0.931 bits per heavy atom. The summed E-state index contributed by atoms with van der Waals surface area (Å²) in [5.74, 6) is 1.11. The van der Waals surface area contributed by atoms with Crippen LogP contribution in [0, 0.1) is 0 Å². The summed E-state index contributed by atoms with van der Waals surface area (Å²) in [7, 11) is -0.401. The van der Waals surface area contributed by atoms with E-state index in [1.165, 1.54) is 10.4 Å². The Labute approximate surface area is 171 Å². The van der Waals surface area contributed by atoms with E-state index in [0.717, 1.165) is 5.56 Å². The van der Waals surface area contributed by atoms with Crippen LogP contribution in [-0.4, -0.2) is 63.9 Å². The molecule has 8 heteroatoms. The molecule has 2 aromatic rings. The lowest BCUT2D eigenvalue weighted by atomic mass is 10.2. The molecule has 0 unspecified atom stereocenters. The Morgan fingerprint density at radius 2 is 1.52 bits per heavy atom. The minimum absolute atomic E-state index is 0.163. The number of hydrogen-bond donors (Lipinski definition) is 0. The zero-order valence-corrected chi connectivity index (χ0v) is 17.3. The number of piperazine rings is 1. The Balaban J connectivity index is 1.63. The lowest BCUT2D eigenvalue weighted by Crippen LogP contribution is -2.50. The first kappa shape index (κ1) is 20.9. The van der Waals surface area contributed by atoms with Gasteiger partial charge in [-0.3, -0.25) is 4.79 Å². The van der Waals surface area contributed by atoms with Gasteiger partial charge in [0.2, 0.25) is 15.9 Å². The normalized spacial score (nSPS) is 15.4. The molecule has 0 aliphatic carbocycles. The van der Waals surface area contributed by atoms with E-state index in [-0.39, 0.29) is 23.9 Å². The summed E-state index contributed by atoms with van der Waals surface area (Å²) in [4.78, 5) is 14.4. The van der Waals surface area contributed by atoms with E-state index in [2.05, 4.69) is 0 Å². The molecular formula is C21H24N2O5S. The molecule has 29 heavy (non-hydrogen) atoms. The van der Waals surface area contributed by atoms with Crippen LogP contribution in [0.5, 0.6) is 11.5 Å². The molecule has 1 aliphatic rings. The molecule has 0 atom stereocenters. The van der Waals surface area contributed by atoms with Crippen LogP contribution in [-0.2, 0) is 14.8 Å². The molecular weight excluding hydrogens is 392 g/mol. The average Bonchev–Trinajstić information content (AvgIpc) is 2.77. The lowest BCUT2D eigenvalue weighted by Gasteiger charge is -2.33. The Bertz CT molecular complexity index is 959. The van der Waals surface area contributed by atoms with Crippen LogP contribution in [0.15, 0.2) is 59.5 Å². The van der Waals surface area contributed by atoms with Crippen LogP contribution in [0.25, 0.3) is 6.08 Å². The van der Waals surface area contributed by atoms with Gasteiger partial charge in [0.05, 0.1) is 19.1 Å². The number of benzene rings is 2. The van der Waals surface area contributed by atoms with Gasteiger partial charge in [-0.05, 0) is 35.9 Å². The minimum Gasteiger partial charge on any atom is -0.497 e. The van der Waals surface area contributed by atoms with E-state index >= 15 is 0 Å². The summed E-state index contributed by atoms with van der Waals surface area (Å²) in [5.41, 5.74) is 0.778. The van der Waals surface area contributed by atoms with Crippen LogP contribution >= 0.6 is 0 Å². The highest BCUT2D eigenvalue weighted by Crippen LogP contribution is 2.23. The summed E-state index contributed by atoms with van der Waals surface area (Å²) < 4.78 is 37.2. The molecule has 1 fully saturated rings. The molecule has 0 bridgehead atoms. The van der Waals surface area contributed by atoms with Gasteiger partial charge >= 0.3 is 0 Å². The Hall–Kier alpha value is -2.84. The van der Waals surface area contributed by atoms with Crippen molar-refractivity contribution in [3.63, 3.8) is 0 Å². The number of ether oxygens (including phenoxy) is 2. The highest BCUT2D eigenvalue weighted by molar-refractivity contribution is 7.89. The molecule has 0 saturated carbocycles. The molecule has 7 nitrogen and oxygen atoms in total. The van der Waals surface area contributed by atoms with E-state index in [1.807, 2.05) is 0 Å². The quantitative estimate of drug-likeness (QED) is 0.675. The highest BCUT2D eigenvalue weighted by Gasteiger charge is 2.29. The van der Waals surface area contributed by atoms with E-state index in [4.69, 9.17) is 9.47 Å². The van der Waals surface area contributed by atoms with Gasteiger partial charge in [0.1, 0.15) is 11.5 Å². The molecule has 0 radical (unpaired) electrons. The van der Waals surface area contributed by atoms with Crippen LogP contribution in [0.2, 0.25) is 0 Å². The molecule has 154 valence electrons. The molecule has 2 aromatic carbocycles. The van der Waals surface area contributed by atoms with E-state index in [0.29, 0.717) is 24.6 Å². The van der Waals surface area contributed by atoms with Gasteiger partial charge < -0.3 is 14.4 Å². The van der Waals surface area contributed by atoms with Crippen molar-refractivity contribution in [2.24, 2.45) is 0 Å². The maximum absolute atomic E-state index is 12.7. The molecule has 0 spiro atoms. The third kappa shape index (κ3) is 4.96. The van der Waals surface area contributed by atoms with Crippen molar-refractivity contribution in [1.29, 1.82) is 0 Å². The van der Waals surface area contributed by atoms with E-state index in [1.54, 1.807) is 73.7 Å². The summed E-state index contributed by atoms with van der Waals surface area (Å²) >= 11 is 0. The van der Waals surface area contributed by atoms with Gasteiger partial charge in [-0.2, -0.15) is 4.31 Å². The third-order valence-electron chi connectivity index (χ3n) is 4.72. The first-order chi connectivity index (χ1) is 13.9. The zero-order valence-electron chi connectivity index (χ0n) is 16.4. The molecule has 1 saturated heterocycles. The van der Waals surface area contributed by atoms with Crippen LogP contribution in [0.1, 0.15) is 5.56 Å². The number of nitrogens with zero attached hydrogens (tertiary/aromatic N) is 2. The number of hydrogen-bond acceptors (Lipinski definition) is 5. The monoisotopic (exact) mass is 416 g/mol. The van der Waals surface area contributed by atoms with Gasteiger partial charge in [0.15, 0.2) is 0 Å². The number of carbonyl (C=O) groups is 1. The zero-order chi connectivity index (χ0) is 20.9. The standard InChI is InChI=1S/C21H24N2O5S/c1-27-18-14-17(15-19(16-18)28-2)8-9-21(24)22-10-12-23(13-11-22)29(25,26)20-6-4-3-5-7-20/h3-9,14-16H,10-13H2,1-2H3/b9-8+.